The Morgan fingerprint density at radius 2 is 0.695 bits per heavy atom. The summed E-state index contributed by atoms with van der Waals surface area (Å²) in [5.74, 6) is 2.40. The second kappa shape index (κ2) is 28.5. The lowest BCUT2D eigenvalue weighted by Crippen LogP contribution is -2.39. The number of unbranched alkanes of at least 4 members (excludes halogenated alkanes) is 14. The van der Waals surface area contributed by atoms with Gasteiger partial charge in [0.1, 0.15) is 18.4 Å². The van der Waals surface area contributed by atoms with E-state index in [0.717, 1.165) is 76.4 Å². The van der Waals surface area contributed by atoms with Crippen LogP contribution in [0.25, 0.3) is 0 Å². The van der Waals surface area contributed by atoms with Crippen molar-refractivity contribution in [3.63, 3.8) is 0 Å². The quantitative estimate of drug-likeness (QED) is 0.0639. The molecule has 0 aromatic carbocycles. The molecule has 7 heteroatoms. The number of esters is 2. The van der Waals surface area contributed by atoms with Gasteiger partial charge in [0.25, 0.3) is 0 Å². The second-order valence-electron chi connectivity index (χ2n) is 20.4. The Kier molecular flexibility index (Phi) is 23.6. The highest BCUT2D eigenvalue weighted by Crippen LogP contribution is 2.43. The minimum Gasteiger partial charge on any atom is -0.462 e. The molecule has 0 radical (unpaired) electrons. The van der Waals surface area contributed by atoms with Gasteiger partial charge < -0.3 is 18.9 Å². The van der Waals surface area contributed by atoms with E-state index in [0.29, 0.717) is 30.5 Å². The van der Waals surface area contributed by atoms with Gasteiger partial charge in [-0.05, 0) is 139 Å². The Bertz CT molecular complexity index is 1020. The van der Waals surface area contributed by atoms with Crippen molar-refractivity contribution in [2.45, 2.75) is 269 Å². The highest BCUT2D eigenvalue weighted by Gasteiger charge is 2.39. The molecule has 6 nitrogen and oxygen atoms in total. The predicted octanol–water partition coefficient (Wildman–Crippen LogP) is 14.4. The van der Waals surface area contributed by atoms with Gasteiger partial charge in [-0.25, -0.2) is 4.39 Å². The average Bonchev–Trinajstić information content (AvgIpc) is 3.25. The number of hydrogen-bond donors (Lipinski definition) is 0. The molecular formula is C52H91FO6. The first-order valence-corrected chi connectivity index (χ1v) is 26.2. The minimum absolute atomic E-state index is 0.0870. The van der Waals surface area contributed by atoms with Crippen molar-refractivity contribution < 1.29 is 32.9 Å². The molecule has 0 saturated heterocycles. The molecule has 0 aliphatic heterocycles. The number of halogens is 1. The highest BCUT2D eigenvalue weighted by molar-refractivity contribution is 5.73. The zero-order chi connectivity index (χ0) is 41.5. The van der Waals surface area contributed by atoms with Gasteiger partial charge in [-0.1, -0.05) is 104 Å². The van der Waals surface area contributed by atoms with Crippen LogP contribution in [0, 0.1) is 35.5 Å². The Balaban J connectivity index is 0.888. The number of hydrogen-bond acceptors (Lipinski definition) is 6. The molecule has 0 heterocycles. The van der Waals surface area contributed by atoms with Crippen molar-refractivity contribution >= 4 is 11.9 Å². The first-order valence-electron chi connectivity index (χ1n) is 26.2. The molecule has 5 aliphatic carbocycles. The number of carbonyl (C=O) groups is 2. The summed E-state index contributed by atoms with van der Waals surface area (Å²) in [5, 5.41) is 0. The maximum Gasteiger partial charge on any atom is 0.309 e. The summed E-state index contributed by atoms with van der Waals surface area (Å²) in [6.07, 6.45) is 38.6. The van der Waals surface area contributed by atoms with Crippen LogP contribution in [0.15, 0.2) is 0 Å². The van der Waals surface area contributed by atoms with E-state index in [1.165, 1.54) is 154 Å². The monoisotopic (exact) mass is 831 g/mol. The average molecular weight is 831 g/mol. The topological polar surface area (TPSA) is 71.1 Å². The molecule has 0 aromatic rings. The molecule has 0 spiro atoms. The molecule has 2 atom stereocenters. The fourth-order valence-electron chi connectivity index (χ4n) is 11.9. The van der Waals surface area contributed by atoms with Crippen LogP contribution in [-0.2, 0) is 28.5 Å². The molecular weight excluding hydrogens is 740 g/mol. The summed E-state index contributed by atoms with van der Waals surface area (Å²) in [5.41, 5.74) is 0. The number of alkyl halides is 1. The van der Waals surface area contributed by atoms with Gasteiger partial charge >= 0.3 is 11.9 Å². The second-order valence-corrected chi connectivity index (χ2v) is 20.4. The Morgan fingerprint density at radius 3 is 1.03 bits per heavy atom. The first kappa shape index (κ1) is 48.8. The van der Waals surface area contributed by atoms with Crippen LogP contribution in [-0.4, -0.2) is 55.7 Å². The highest BCUT2D eigenvalue weighted by atomic mass is 19.1. The van der Waals surface area contributed by atoms with Crippen molar-refractivity contribution in [3.8, 4) is 0 Å². The fourth-order valence-corrected chi connectivity index (χ4v) is 11.9. The summed E-state index contributed by atoms with van der Waals surface area (Å²) in [6.45, 7) is 6.39. The summed E-state index contributed by atoms with van der Waals surface area (Å²) in [7, 11) is 0. The number of ether oxygens (including phenoxy) is 4. The normalized spacial score (nSPS) is 33.0. The predicted molar refractivity (Wildman–Crippen MR) is 238 cm³/mol. The van der Waals surface area contributed by atoms with Gasteiger partial charge in [0.2, 0.25) is 0 Å². The van der Waals surface area contributed by atoms with E-state index in [1.54, 1.807) is 0 Å². The van der Waals surface area contributed by atoms with Gasteiger partial charge in [-0.2, -0.15) is 0 Å². The molecule has 5 aliphatic rings. The lowest BCUT2D eigenvalue weighted by Gasteiger charge is -2.38. The van der Waals surface area contributed by atoms with Gasteiger partial charge in [0, 0.05) is 32.5 Å². The van der Waals surface area contributed by atoms with Crippen LogP contribution in [0.3, 0.4) is 0 Å². The maximum atomic E-state index is 15.0. The zero-order valence-corrected chi connectivity index (χ0v) is 38.3. The molecule has 0 amide bonds. The third kappa shape index (κ3) is 18.2. The minimum atomic E-state index is -1.11. The third-order valence-corrected chi connectivity index (χ3v) is 15.8. The Morgan fingerprint density at radius 1 is 0.390 bits per heavy atom. The van der Waals surface area contributed by atoms with Crippen molar-refractivity contribution in [1.29, 1.82) is 0 Å². The van der Waals surface area contributed by atoms with Crippen LogP contribution in [0.2, 0.25) is 0 Å². The molecule has 2 unspecified atom stereocenters. The summed E-state index contributed by atoms with van der Waals surface area (Å²) in [6, 6.07) is 0. The summed E-state index contributed by atoms with van der Waals surface area (Å²) >= 11 is 0. The smallest absolute Gasteiger partial charge is 0.309 e. The van der Waals surface area contributed by atoms with Crippen LogP contribution in [0.1, 0.15) is 239 Å². The summed E-state index contributed by atoms with van der Waals surface area (Å²) < 4.78 is 39.5. The fraction of sp³-hybridized carbons (Fsp3) is 0.962. The van der Waals surface area contributed by atoms with Crippen LogP contribution in [0.4, 0.5) is 4.39 Å². The molecule has 5 fully saturated rings. The van der Waals surface area contributed by atoms with Gasteiger partial charge in [-0.3, -0.25) is 9.59 Å². The van der Waals surface area contributed by atoms with E-state index in [2.05, 4.69) is 13.8 Å². The third-order valence-electron chi connectivity index (χ3n) is 15.8. The van der Waals surface area contributed by atoms with E-state index >= 15 is 0 Å². The number of carbonyl (C=O) groups excluding carboxylic acids is 2. The molecule has 59 heavy (non-hydrogen) atoms. The van der Waals surface area contributed by atoms with Crippen molar-refractivity contribution in [2.24, 2.45) is 35.5 Å². The Hall–Kier alpha value is -1.21. The largest absolute Gasteiger partial charge is 0.462 e. The van der Waals surface area contributed by atoms with E-state index in [4.69, 9.17) is 18.9 Å². The van der Waals surface area contributed by atoms with Crippen LogP contribution >= 0.6 is 0 Å². The van der Waals surface area contributed by atoms with Crippen molar-refractivity contribution in [1.82, 2.24) is 0 Å². The van der Waals surface area contributed by atoms with E-state index < -0.39 is 18.4 Å². The Labute approximate surface area is 361 Å². The molecule has 5 rings (SSSR count). The van der Waals surface area contributed by atoms with Crippen LogP contribution < -0.4 is 0 Å². The van der Waals surface area contributed by atoms with E-state index in [-0.39, 0.29) is 36.6 Å². The van der Waals surface area contributed by atoms with Gasteiger partial charge in [-0.15, -0.1) is 0 Å². The van der Waals surface area contributed by atoms with Gasteiger partial charge in [0.05, 0.1) is 24.0 Å². The zero-order valence-electron chi connectivity index (χ0n) is 38.3. The van der Waals surface area contributed by atoms with Crippen LogP contribution in [0.5, 0.6) is 0 Å². The molecule has 0 N–H and O–H groups in total. The lowest BCUT2D eigenvalue weighted by atomic mass is 9.70. The standard InChI is InChI=1S/C52H91FO6/c1-3-5-7-9-11-13-15-17-35-56-47-31-27-42(28-32-47)40-19-23-44(24-20-40)51(54)58-49-37-46(53)38-50(39-49)59-52(55)45-25-21-41(22-26-45)43-29-33-48(34-30-43)57-36-18-16-14-12-10-8-6-4-2/h40-50H,3-39H2,1-2H3. The SMILES string of the molecule is CCCCCCCCCCOC1CCC(C2CCC(C(=O)OC3CC(F)CC(OC(=O)C4CCC(C5CCC(OCCCCCCCCCC)CC5)CC4)C3)CC2)CC1. The molecule has 342 valence electrons. The lowest BCUT2D eigenvalue weighted by molar-refractivity contribution is -0.168. The molecule has 5 saturated carbocycles. The van der Waals surface area contributed by atoms with Gasteiger partial charge in [0.15, 0.2) is 0 Å². The van der Waals surface area contributed by atoms with Crippen molar-refractivity contribution in [3.05, 3.63) is 0 Å². The number of rotatable bonds is 26. The van der Waals surface area contributed by atoms with E-state index in [9.17, 15) is 14.0 Å². The molecule has 0 bridgehead atoms. The first-order chi connectivity index (χ1) is 28.9. The molecule has 0 aromatic heterocycles. The van der Waals surface area contributed by atoms with Crippen molar-refractivity contribution in [2.75, 3.05) is 13.2 Å². The maximum absolute atomic E-state index is 15.0. The summed E-state index contributed by atoms with van der Waals surface area (Å²) in [4.78, 5) is 26.6. The van der Waals surface area contributed by atoms with E-state index in [1.807, 2.05) is 0 Å².